The zero-order chi connectivity index (χ0) is 15.8. The molecule has 0 radical (unpaired) electrons. The van der Waals surface area contributed by atoms with Gasteiger partial charge in [-0.2, -0.15) is 13.8 Å². The standard InChI is InChI=1S/C11H11ClF2IN3O3/c12-2-1-5-4-18(10(20)17-8(5)16)9-11(13,14)7(19)6(3-15)21-9/h1-2,4,6-7,9,19H,3H2,(H2,16,17,20)/b2-1+/t6-,7-,9-/m1/s1. The van der Waals surface area contributed by atoms with E-state index in [0.29, 0.717) is 4.57 Å². The van der Waals surface area contributed by atoms with Crippen LogP contribution in [0.2, 0.25) is 0 Å². The highest BCUT2D eigenvalue weighted by Crippen LogP contribution is 2.42. The Morgan fingerprint density at radius 3 is 2.86 bits per heavy atom. The lowest BCUT2D eigenvalue weighted by atomic mass is 10.1. The second kappa shape index (κ2) is 6.15. The fourth-order valence-electron chi connectivity index (χ4n) is 1.96. The molecule has 0 amide bonds. The number of nitrogens with two attached hydrogens (primary N) is 1. The van der Waals surface area contributed by atoms with Gasteiger partial charge in [0.15, 0.2) is 0 Å². The van der Waals surface area contributed by atoms with Gasteiger partial charge in [-0.3, -0.25) is 4.57 Å². The van der Waals surface area contributed by atoms with Gasteiger partial charge in [0.1, 0.15) is 18.0 Å². The summed E-state index contributed by atoms with van der Waals surface area (Å²) in [5.41, 5.74) is 5.82. The number of ether oxygens (including phenoxy) is 1. The van der Waals surface area contributed by atoms with E-state index in [-0.39, 0.29) is 15.8 Å². The summed E-state index contributed by atoms with van der Waals surface area (Å²) < 4.78 is 34.0. The van der Waals surface area contributed by atoms with Crippen LogP contribution in [0.15, 0.2) is 16.5 Å². The minimum Gasteiger partial charge on any atom is -0.384 e. The Balaban J connectivity index is 2.51. The Kier molecular flexibility index (Phi) is 4.85. The molecule has 0 bridgehead atoms. The van der Waals surface area contributed by atoms with Gasteiger partial charge in [0.2, 0.25) is 6.23 Å². The Bertz CT molecular complexity index is 625. The molecule has 6 nitrogen and oxygen atoms in total. The Labute approximate surface area is 136 Å². The number of hydrogen-bond acceptors (Lipinski definition) is 5. The minimum absolute atomic E-state index is 0.138. The highest BCUT2D eigenvalue weighted by Gasteiger charge is 2.59. The highest BCUT2D eigenvalue weighted by atomic mass is 127. The molecule has 0 aliphatic carbocycles. The van der Waals surface area contributed by atoms with E-state index in [1.54, 1.807) is 0 Å². The molecule has 116 valence electrons. The van der Waals surface area contributed by atoms with E-state index in [1.807, 2.05) is 22.6 Å². The number of anilines is 1. The van der Waals surface area contributed by atoms with Crippen molar-refractivity contribution in [2.75, 3.05) is 10.2 Å². The van der Waals surface area contributed by atoms with E-state index < -0.39 is 30.0 Å². The number of rotatable bonds is 3. The molecule has 0 spiro atoms. The second-order valence-electron chi connectivity index (χ2n) is 4.36. The van der Waals surface area contributed by atoms with Crippen molar-refractivity contribution < 1.29 is 18.6 Å². The van der Waals surface area contributed by atoms with Gasteiger partial charge in [-0.05, 0) is 6.08 Å². The lowest BCUT2D eigenvalue weighted by Gasteiger charge is -2.21. The van der Waals surface area contributed by atoms with Gasteiger partial charge in [-0.25, -0.2) is 4.79 Å². The van der Waals surface area contributed by atoms with Gasteiger partial charge in [-0.15, -0.1) is 0 Å². The summed E-state index contributed by atoms with van der Waals surface area (Å²) in [5, 5.41) is 9.59. The molecule has 1 aliphatic rings. The summed E-state index contributed by atoms with van der Waals surface area (Å²) in [7, 11) is 0. The fourth-order valence-corrected chi connectivity index (χ4v) is 2.78. The molecule has 1 aliphatic heterocycles. The second-order valence-corrected chi connectivity index (χ2v) is 5.50. The molecule has 0 unspecified atom stereocenters. The van der Waals surface area contributed by atoms with Crippen LogP contribution in [0.1, 0.15) is 11.8 Å². The molecule has 1 fully saturated rings. The van der Waals surface area contributed by atoms with Crippen molar-refractivity contribution in [3.8, 4) is 0 Å². The molecular weight excluding hydrogens is 422 g/mol. The Morgan fingerprint density at radius 2 is 2.33 bits per heavy atom. The van der Waals surface area contributed by atoms with Gasteiger partial charge in [-0.1, -0.05) is 34.2 Å². The van der Waals surface area contributed by atoms with Crippen LogP contribution in [0.5, 0.6) is 0 Å². The van der Waals surface area contributed by atoms with Crippen LogP contribution in [0.25, 0.3) is 6.08 Å². The predicted molar refractivity (Wildman–Crippen MR) is 81.5 cm³/mol. The number of nitrogen functional groups attached to an aromatic ring is 1. The largest absolute Gasteiger partial charge is 0.384 e. The molecule has 1 saturated heterocycles. The monoisotopic (exact) mass is 433 g/mol. The van der Waals surface area contributed by atoms with Crippen LogP contribution >= 0.6 is 34.2 Å². The third kappa shape index (κ3) is 2.91. The molecule has 0 saturated carbocycles. The smallest absolute Gasteiger partial charge is 0.351 e. The predicted octanol–water partition coefficient (Wildman–Crippen LogP) is 1.36. The van der Waals surface area contributed by atoms with Crippen LogP contribution in [0.3, 0.4) is 0 Å². The number of aliphatic hydroxyl groups is 1. The molecule has 0 aromatic carbocycles. The van der Waals surface area contributed by atoms with Crippen molar-refractivity contribution in [3.63, 3.8) is 0 Å². The maximum atomic E-state index is 14.1. The number of aliphatic hydroxyl groups excluding tert-OH is 1. The Morgan fingerprint density at radius 1 is 1.67 bits per heavy atom. The quantitative estimate of drug-likeness (QED) is 0.555. The number of hydrogen-bond donors (Lipinski definition) is 2. The molecule has 2 heterocycles. The first-order valence-electron chi connectivity index (χ1n) is 5.75. The zero-order valence-electron chi connectivity index (χ0n) is 10.4. The first-order chi connectivity index (χ1) is 9.82. The lowest BCUT2D eigenvalue weighted by Crippen LogP contribution is -2.41. The third-order valence-electron chi connectivity index (χ3n) is 3.04. The van der Waals surface area contributed by atoms with E-state index in [4.69, 9.17) is 22.1 Å². The van der Waals surface area contributed by atoms with Crippen molar-refractivity contribution in [3.05, 3.63) is 27.8 Å². The topological polar surface area (TPSA) is 90.4 Å². The average molecular weight is 434 g/mol. The summed E-state index contributed by atoms with van der Waals surface area (Å²) in [5.74, 6) is -3.76. The summed E-state index contributed by atoms with van der Waals surface area (Å²) in [4.78, 5) is 15.2. The van der Waals surface area contributed by atoms with Crippen molar-refractivity contribution in [1.82, 2.24) is 9.55 Å². The van der Waals surface area contributed by atoms with Crippen molar-refractivity contribution >= 4 is 46.1 Å². The van der Waals surface area contributed by atoms with E-state index in [1.165, 1.54) is 6.08 Å². The SMILES string of the molecule is Nc1nc(=O)n([C@@H]2O[C@H](CI)[C@@H](O)C2(F)F)cc1/C=C/Cl. The third-order valence-corrected chi connectivity index (χ3v) is 4.03. The number of nitrogens with zero attached hydrogens (tertiary/aromatic N) is 2. The molecule has 2 rings (SSSR count). The normalized spacial score (nSPS) is 28.3. The highest BCUT2D eigenvalue weighted by molar-refractivity contribution is 14.1. The van der Waals surface area contributed by atoms with E-state index in [2.05, 4.69) is 4.98 Å². The minimum atomic E-state index is -3.63. The van der Waals surface area contributed by atoms with Crippen molar-refractivity contribution in [1.29, 1.82) is 0 Å². The molecule has 1 aromatic rings. The van der Waals surface area contributed by atoms with Gasteiger partial charge >= 0.3 is 11.6 Å². The lowest BCUT2D eigenvalue weighted by molar-refractivity contribution is -0.140. The zero-order valence-corrected chi connectivity index (χ0v) is 13.3. The van der Waals surface area contributed by atoms with Gasteiger partial charge in [0.25, 0.3) is 0 Å². The molecule has 3 N–H and O–H groups in total. The van der Waals surface area contributed by atoms with Crippen molar-refractivity contribution in [2.24, 2.45) is 0 Å². The van der Waals surface area contributed by atoms with E-state index in [0.717, 1.165) is 11.7 Å². The molecule has 21 heavy (non-hydrogen) atoms. The van der Waals surface area contributed by atoms with E-state index in [9.17, 15) is 18.7 Å². The summed E-state index contributed by atoms with van der Waals surface area (Å²) in [6, 6.07) is 0. The van der Waals surface area contributed by atoms with E-state index >= 15 is 0 Å². The van der Waals surface area contributed by atoms with Gasteiger partial charge < -0.3 is 15.6 Å². The van der Waals surface area contributed by atoms with Gasteiger partial charge in [0, 0.05) is 21.7 Å². The maximum absolute atomic E-state index is 14.1. The summed E-state index contributed by atoms with van der Waals surface area (Å²) in [6.07, 6.45) is -2.66. The average Bonchev–Trinajstić information content (AvgIpc) is 2.65. The number of halogens is 4. The molecular formula is C11H11ClF2IN3O3. The summed E-state index contributed by atoms with van der Waals surface area (Å²) >= 11 is 7.23. The fraction of sp³-hybridized carbons (Fsp3) is 0.455. The van der Waals surface area contributed by atoms with Crippen LogP contribution in [-0.4, -0.2) is 37.2 Å². The Hall–Kier alpha value is -0.780. The number of aromatic nitrogens is 2. The van der Waals surface area contributed by atoms with Crippen LogP contribution in [0, 0.1) is 0 Å². The van der Waals surface area contributed by atoms with Crippen LogP contribution in [0.4, 0.5) is 14.6 Å². The number of alkyl halides is 3. The first kappa shape index (κ1) is 16.6. The van der Waals surface area contributed by atoms with Gasteiger partial charge in [0.05, 0.1) is 0 Å². The molecule has 1 aromatic heterocycles. The molecule has 10 heteroatoms. The van der Waals surface area contributed by atoms with Crippen LogP contribution in [-0.2, 0) is 4.74 Å². The summed E-state index contributed by atoms with van der Waals surface area (Å²) in [6.45, 7) is 0. The molecule has 3 atom stereocenters. The van der Waals surface area contributed by atoms with Crippen LogP contribution < -0.4 is 11.4 Å². The van der Waals surface area contributed by atoms with Crippen molar-refractivity contribution in [2.45, 2.75) is 24.4 Å². The first-order valence-corrected chi connectivity index (χ1v) is 7.71. The maximum Gasteiger partial charge on any atom is 0.351 e.